The SMILES string of the molecule is C[Si]1(C)c2ccccc2N(c2ccc3c4ccccc4c4c5cc(N6c7ccccc7[Si](C)(C)c7ccccc76)ccc5c5ccccc5c4c3c2)c2ccccc21. The highest BCUT2D eigenvalue weighted by Gasteiger charge is 2.39. The minimum absolute atomic E-state index is 1.19. The van der Waals surface area contributed by atoms with Crippen molar-refractivity contribution in [1.29, 1.82) is 0 Å². The van der Waals surface area contributed by atoms with E-state index >= 15 is 0 Å². The predicted octanol–water partition coefficient (Wildman–Crippen LogP) is 12.7. The maximum absolute atomic E-state index is 2.53. The average Bonchev–Trinajstić information content (AvgIpc) is 3.26. The number of benzene rings is 10. The summed E-state index contributed by atoms with van der Waals surface area (Å²) in [6.45, 7) is 9.99. The fourth-order valence-electron chi connectivity index (χ4n) is 10.8. The van der Waals surface area contributed by atoms with Crippen LogP contribution in [0.4, 0.5) is 34.1 Å². The van der Waals surface area contributed by atoms with E-state index in [1.165, 1.54) is 109 Å². The van der Waals surface area contributed by atoms with Crippen LogP contribution in [0.1, 0.15) is 0 Å². The van der Waals surface area contributed by atoms with Crippen LogP contribution in [0.2, 0.25) is 26.2 Å². The molecule has 0 atom stereocenters. The number of hydrogen-bond donors (Lipinski definition) is 0. The van der Waals surface area contributed by atoms with Crippen LogP contribution in [0, 0.1) is 0 Å². The molecule has 2 nitrogen and oxygen atoms in total. The lowest BCUT2D eigenvalue weighted by molar-refractivity contribution is 1.29. The second-order valence-electron chi connectivity index (χ2n) is 17.3. The summed E-state index contributed by atoms with van der Waals surface area (Å²) in [6.07, 6.45) is 0. The van der Waals surface area contributed by atoms with Crippen LogP contribution in [0.25, 0.3) is 53.9 Å². The summed E-state index contributed by atoms with van der Waals surface area (Å²) in [7, 11) is -3.85. The average molecular weight is 775 g/mol. The molecule has 0 amide bonds. The molecule has 12 rings (SSSR count). The Balaban J connectivity index is 1.20. The fourth-order valence-corrected chi connectivity index (χ4v) is 16.8. The molecule has 2 aliphatic heterocycles. The van der Waals surface area contributed by atoms with E-state index in [2.05, 4.69) is 218 Å². The molecule has 4 heteroatoms. The molecule has 276 valence electrons. The third-order valence-corrected chi connectivity index (χ3v) is 20.6. The fraction of sp³-hybridized carbons (Fsp3) is 0.0741. The summed E-state index contributed by atoms with van der Waals surface area (Å²) in [5.74, 6) is 0. The normalized spacial score (nSPS) is 15.1. The van der Waals surface area contributed by atoms with Crippen LogP contribution < -0.4 is 30.5 Å². The second-order valence-corrected chi connectivity index (χ2v) is 25.9. The minimum Gasteiger partial charge on any atom is -0.311 e. The van der Waals surface area contributed by atoms with Crippen molar-refractivity contribution in [3.63, 3.8) is 0 Å². The van der Waals surface area contributed by atoms with Gasteiger partial charge in [0.25, 0.3) is 0 Å². The number of nitrogens with zero attached hydrogens (tertiary/aromatic N) is 2. The van der Waals surface area contributed by atoms with E-state index in [9.17, 15) is 0 Å². The van der Waals surface area contributed by atoms with E-state index in [0.29, 0.717) is 0 Å². The van der Waals surface area contributed by atoms with Gasteiger partial charge in [0.1, 0.15) is 16.1 Å². The van der Waals surface area contributed by atoms with Gasteiger partial charge in [-0.15, -0.1) is 0 Å². The van der Waals surface area contributed by atoms with Gasteiger partial charge < -0.3 is 9.80 Å². The molecule has 0 aliphatic carbocycles. The van der Waals surface area contributed by atoms with E-state index in [0.717, 1.165) is 0 Å². The van der Waals surface area contributed by atoms with Crippen molar-refractivity contribution in [2.75, 3.05) is 9.80 Å². The van der Waals surface area contributed by atoms with Crippen LogP contribution in [0.5, 0.6) is 0 Å². The molecule has 0 fully saturated rings. The highest BCUT2D eigenvalue weighted by Crippen LogP contribution is 2.48. The van der Waals surface area contributed by atoms with Crippen molar-refractivity contribution < 1.29 is 0 Å². The lowest BCUT2D eigenvalue weighted by Crippen LogP contribution is -2.58. The molecule has 2 aliphatic rings. The predicted molar refractivity (Wildman–Crippen MR) is 257 cm³/mol. The summed E-state index contributed by atoms with van der Waals surface area (Å²) in [6, 6.07) is 69.1. The number of para-hydroxylation sites is 4. The van der Waals surface area contributed by atoms with Crippen LogP contribution in [0.15, 0.2) is 182 Å². The van der Waals surface area contributed by atoms with Crippen LogP contribution in [-0.4, -0.2) is 16.1 Å². The molecule has 0 unspecified atom stereocenters. The van der Waals surface area contributed by atoms with Crippen molar-refractivity contribution in [1.82, 2.24) is 0 Å². The Bertz CT molecular complexity index is 3060. The van der Waals surface area contributed by atoms with Gasteiger partial charge in [-0.05, 0) is 123 Å². The van der Waals surface area contributed by atoms with Gasteiger partial charge >= 0.3 is 0 Å². The van der Waals surface area contributed by atoms with Gasteiger partial charge in [-0.3, -0.25) is 0 Å². The third kappa shape index (κ3) is 4.47. The molecule has 0 aromatic heterocycles. The first-order valence-electron chi connectivity index (χ1n) is 20.5. The highest BCUT2D eigenvalue weighted by atomic mass is 28.3. The van der Waals surface area contributed by atoms with E-state index < -0.39 is 16.1 Å². The van der Waals surface area contributed by atoms with Gasteiger partial charge in [0.05, 0.1) is 0 Å². The van der Waals surface area contributed by atoms with Gasteiger partial charge in [0.15, 0.2) is 0 Å². The van der Waals surface area contributed by atoms with Gasteiger partial charge in [0, 0.05) is 34.1 Å². The maximum atomic E-state index is 2.53. The highest BCUT2D eigenvalue weighted by molar-refractivity contribution is 7.03. The second kappa shape index (κ2) is 12.0. The van der Waals surface area contributed by atoms with E-state index in [1.54, 1.807) is 0 Å². The quantitative estimate of drug-likeness (QED) is 0.127. The third-order valence-electron chi connectivity index (χ3n) is 13.6. The van der Waals surface area contributed by atoms with Crippen LogP contribution in [-0.2, 0) is 0 Å². The molecule has 0 saturated carbocycles. The Morgan fingerprint density at radius 1 is 0.276 bits per heavy atom. The van der Waals surface area contributed by atoms with Crippen molar-refractivity contribution in [2.45, 2.75) is 26.2 Å². The first-order chi connectivity index (χ1) is 28.3. The zero-order valence-electron chi connectivity index (χ0n) is 33.2. The summed E-state index contributed by atoms with van der Waals surface area (Å²) >= 11 is 0. The van der Waals surface area contributed by atoms with Gasteiger partial charge in [0.2, 0.25) is 0 Å². The molecule has 0 saturated heterocycles. The topological polar surface area (TPSA) is 6.48 Å². The Labute approximate surface area is 341 Å². The smallest absolute Gasteiger partial charge is 0.117 e. The molecular formula is C54H42N2Si2. The number of rotatable bonds is 2. The van der Waals surface area contributed by atoms with Crippen molar-refractivity contribution in [3.8, 4) is 0 Å². The van der Waals surface area contributed by atoms with Crippen molar-refractivity contribution in [3.05, 3.63) is 182 Å². The number of anilines is 6. The molecule has 0 radical (unpaired) electrons. The molecule has 58 heavy (non-hydrogen) atoms. The summed E-state index contributed by atoms with van der Waals surface area (Å²) in [5.41, 5.74) is 7.59. The van der Waals surface area contributed by atoms with Gasteiger partial charge in [-0.2, -0.15) is 0 Å². The summed E-state index contributed by atoms with van der Waals surface area (Å²) < 4.78 is 0. The van der Waals surface area contributed by atoms with Crippen molar-refractivity contribution >= 4 is 125 Å². The molecule has 10 aromatic carbocycles. The lowest BCUT2D eigenvalue weighted by atomic mass is 9.86. The van der Waals surface area contributed by atoms with Gasteiger partial charge in [-0.1, -0.05) is 160 Å². The first kappa shape index (κ1) is 33.7. The largest absolute Gasteiger partial charge is 0.311 e. The zero-order chi connectivity index (χ0) is 38.9. The first-order valence-corrected chi connectivity index (χ1v) is 26.5. The Morgan fingerprint density at radius 3 is 0.897 bits per heavy atom. The van der Waals surface area contributed by atoms with Crippen LogP contribution in [0.3, 0.4) is 0 Å². The molecule has 10 aromatic rings. The number of fused-ring (bicyclic) bond motifs is 15. The van der Waals surface area contributed by atoms with E-state index in [-0.39, 0.29) is 0 Å². The lowest BCUT2D eigenvalue weighted by Gasteiger charge is -2.41. The number of hydrogen-bond acceptors (Lipinski definition) is 2. The Hall–Kier alpha value is -6.47. The standard InChI is InChI=1S/C54H42N2Si2/c1-57(2)49-25-13-9-21-45(49)55(46-22-10-14-26-50(46)57)35-29-31-39-37-17-5-8-20-42(37)54-44-34-36(30-32-40(44)38-18-6-7-19-41(38)53(54)43(39)33-35)56-47-23-11-15-27-51(47)58(3,4)52-28-16-12-24-48(52)56/h5-34H,1-4H3. The molecular weight excluding hydrogens is 733 g/mol. The van der Waals surface area contributed by atoms with Gasteiger partial charge in [-0.25, -0.2) is 0 Å². The maximum Gasteiger partial charge on any atom is 0.117 e. The summed E-state index contributed by atoms with van der Waals surface area (Å²) in [5, 5.41) is 18.8. The van der Waals surface area contributed by atoms with Crippen LogP contribution >= 0.6 is 0 Å². The molecule has 0 spiro atoms. The zero-order valence-corrected chi connectivity index (χ0v) is 35.2. The molecule has 0 bridgehead atoms. The van der Waals surface area contributed by atoms with E-state index in [1.807, 2.05) is 0 Å². The molecule has 2 heterocycles. The minimum atomic E-state index is -1.92. The molecule has 0 N–H and O–H groups in total. The summed E-state index contributed by atoms with van der Waals surface area (Å²) in [4.78, 5) is 5.06. The Kier molecular flexibility index (Phi) is 6.98. The monoisotopic (exact) mass is 774 g/mol. The van der Waals surface area contributed by atoms with E-state index in [4.69, 9.17) is 0 Å². The van der Waals surface area contributed by atoms with Crippen molar-refractivity contribution in [2.24, 2.45) is 0 Å². The Morgan fingerprint density at radius 2 is 0.552 bits per heavy atom.